The SMILES string of the molecule is CC(C)(C)c1ccccc1-n1c(=S)[nH]c2cc(F)ccc21. The number of benzene rings is 2. The number of H-pyrrole nitrogens is 1. The van der Waals surface area contributed by atoms with Crippen molar-refractivity contribution in [2.45, 2.75) is 26.2 Å². The molecule has 4 heteroatoms. The molecule has 0 bridgehead atoms. The predicted octanol–water partition coefficient (Wildman–Crippen LogP) is 5.12. The quantitative estimate of drug-likeness (QED) is 0.618. The van der Waals surface area contributed by atoms with Gasteiger partial charge in [-0.05, 0) is 47.5 Å². The standard InChI is InChI=1S/C17H17FN2S/c1-17(2,3)12-6-4-5-7-14(12)20-15-9-8-11(18)10-13(15)19-16(20)21/h4-10H,1-3H3,(H,19,21). The van der Waals surface area contributed by atoms with E-state index in [1.165, 1.54) is 17.7 Å². The summed E-state index contributed by atoms with van der Waals surface area (Å²) >= 11 is 5.45. The zero-order chi connectivity index (χ0) is 15.2. The van der Waals surface area contributed by atoms with Crippen LogP contribution in [0, 0.1) is 10.6 Å². The number of halogens is 1. The van der Waals surface area contributed by atoms with Crippen LogP contribution in [0.1, 0.15) is 26.3 Å². The zero-order valence-electron chi connectivity index (χ0n) is 12.3. The molecule has 1 heterocycles. The highest BCUT2D eigenvalue weighted by Crippen LogP contribution is 2.30. The maximum Gasteiger partial charge on any atom is 0.182 e. The monoisotopic (exact) mass is 300 g/mol. The smallest absolute Gasteiger partial charge is 0.182 e. The van der Waals surface area contributed by atoms with E-state index in [1.807, 2.05) is 22.8 Å². The lowest BCUT2D eigenvalue weighted by Gasteiger charge is -2.23. The van der Waals surface area contributed by atoms with E-state index in [4.69, 9.17) is 12.2 Å². The summed E-state index contributed by atoms with van der Waals surface area (Å²) in [6.45, 7) is 6.51. The number of nitrogens with one attached hydrogen (secondary N) is 1. The molecule has 3 rings (SSSR count). The van der Waals surface area contributed by atoms with Crippen molar-refractivity contribution >= 4 is 23.3 Å². The number of nitrogens with zero attached hydrogens (tertiary/aromatic N) is 1. The molecule has 3 aromatic rings. The summed E-state index contributed by atoms with van der Waals surface area (Å²) in [5.74, 6) is -0.269. The molecule has 0 fully saturated rings. The van der Waals surface area contributed by atoms with Gasteiger partial charge in [-0.1, -0.05) is 39.0 Å². The Kier molecular flexibility index (Phi) is 3.21. The van der Waals surface area contributed by atoms with Gasteiger partial charge in [0.2, 0.25) is 0 Å². The summed E-state index contributed by atoms with van der Waals surface area (Å²) < 4.78 is 15.9. The molecule has 0 aliphatic carbocycles. The first-order valence-corrected chi connectivity index (χ1v) is 7.29. The molecule has 2 aromatic carbocycles. The van der Waals surface area contributed by atoms with E-state index >= 15 is 0 Å². The molecule has 1 N–H and O–H groups in total. The van der Waals surface area contributed by atoms with E-state index in [0.717, 1.165) is 11.2 Å². The van der Waals surface area contributed by atoms with Crippen molar-refractivity contribution in [1.29, 1.82) is 0 Å². The molecule has 0 saturated carbocycles. The fourth-order valence-corrected chi connectivity index (χ4v) is 2.93. The Morgan fingerprint density at radius 1 is 1.10 bits per heavy atom. The third-order valence-electron chi connectivity index (χ3n) is 3.60. The van der Waals surface area contributed by atoms with Crippen LogP contribution in [0.2, 0.25) is 0 Å². The molecule has 0 amide bonds. The van der Waals surface area contributed by atoms with E-state index in [0.29, 0.717) is 10.3 Å². The van der Waals surface area contributed by atoms with Gasteiger partial charge < -0.3 is 4.98 Å². The second-order valence-electron chi connectivity index (χ2n) is 6.19. The van der Waals surface area contributed by atoms with E-state index in [1.54, 1.807) is 6.07 Å². The summed E-state index contributed by atoms with van der Waals surface area (Å²) in [5, 5.41) is 0. The average molecular weight is 300 g/mol. The molecule has 1 aromatic heterocycles. The highest BCUT2D eigenvalue weighted by Gasteiger charge is 2.20. The number of hydrogen-bond acceptors (Lipinski definition) is 1. The van der Waals surface area contributed by atoms with Crippen LogP contribution in [-0.2, 0) is 5.41 Å². The van der Waals surface area contributed by atoms with Gasteiger partial charge in [-0.3, -0.25) is 4.57 Å². The van der Waals surface area contributed by atoms with Crippen molar-refractivity contribution in [3.63, 3.8) is 0 Å². The Bertz CT molecular complexity index is 868. The molecule has 0 spiro atoms. The van der Waals surface area contributed by atoms with Crippen LogP contribution in [0.3, 0.4) is 0 Å². The lowest BCUT2D eigenvalue weighted by Crippen LogP contribution is -2.15. The van der Waals surface area contributed by atoms with Crippen LogP contribution in [0.15, 0.2) is 42.5 Å². The third-order valence-corrected chi connectivity index (χ3v) is 3.88. The Labute approximate surface area is 128 Å². The minimum atomic E-state index is -0.269. The first kappa shape index (κ1) is 14.0. The van der Waals surface area contributed by atoms with Crippen molar-refractivity contribution in [2.75, 3.05) is 0 Å². The topological polar surface area (TPSA) is 20.7 Å². The number of fused-ring (bicyclic) bond motifs is 1. The largest absolute Gasteiger partial charge is 0.330 e. The van der Waals surface area contributed by atoms with Crippen molar-refractivity contribution in [3.8, 4) is 5.69 Å². The van der Waals surface area contributed by atoms with Crippen LogP contribution in [0.5, 0.6) is 0 Å². The van der Waals surface area contributed by atoms with Crippen molar-refractivity contribution in [2.24, 2.45) is 0 Å². The van der Waals surface area contributed by atoms with Crippen LogP contribution in [-0.4, -0.2) is 9.55 Å². The normalized spacial score (nSPS) is 12.0. The molecule has 0 atom stereocenters. The Balaban J connectivity index is 2.37. The van der Waals surface area contributed by atoms with Crippen LogP contribution < -0.4 is 0 Å². The summed E-state index contributed by atoms with van der Waals surface area (Å²) in [6, 6.07) is 12.9. The number of imidazole rings is 1. The van der Waals surface area contributed by atoms with Crippen LogP contribution >= 0.6 is 12.2 Å². The fraction of sp³-hybridized carbons (Fsp3) is 0.235. The first-order chi connectivity index (χ1) is 9.88. The summed E-state index contributed by atoms with van der Waals surface area (Å²) in [6.07, 6.45) is 0. The minimum absolute atomic E-state index is 0.00497. The van der Waals surface area contributed by atoms with Gasteiger partial charge in [-0.2, -0.15) is 0 Å². The molecule has 0 unspecified atom stereocenters. The van der Waals surface area contributed by atoms with Gasteiger partial charge in [-0.25, -0.2) is 4.39 Å². The Morgan fingerprint density at radius 2 is 1.81 bits per heavy atom. The number of aromatic nitrogens is 2. The summed E-state index contributed by atoms with van der Waals surface area (Å²) in [4.78, 5) is 3.08. The number of para-hydroxylation sites is 1. The Hall–Kier alpha value is -1.94. The second-order valence-corrected chi connectivity index (χ2v) is 6.58. The summed E-state index contributed by atoms with van der Waals surface area (Å²) in [7, 11) is 0. The number of hydrogen-bond donors (Lipinski definition) is 1. The molecule has 108 valence electrons. The van der Waals surface area contributed by atoms with E-state index in [9.17, 15) is 4.39 Å². The van der Waals surface area contributed by atoms with Gasteiger partial charge in [0.15, 0.2) is 4.77 Å². The third kappa shape index (κ3) is 2.40. The maximum atomic E-state index is 13.4. The highest BCUT2D eigenvalue weighted by molar-refractivity contribution is 7.71. The lowest BCUT2D eigenvalue weighted by atomic mass is 9.86. The average Bonchev–Trinajstić information content (AvgIpc) is 2.72. The second kappa shape index (κ2) is 4.81. The molecular weight excluding hydrogens is 283 g/mol. The highest BCUT2D eigenvalue weighted by atomic mass is 32.1. The van der Waals surface area contributed by atoms with Gasteiger partial charge in [0, 0.05) is 0 Å². The predicted molar refractivity (Wildman–Crippen MR) is 87.1 cm³/mol. The molecule has 0 aliphatic rings. The van der Waals surface area contributed by atoms with E-state index in [2.05, 4.69) is 31.8 Å². The molecule has 2 nitrogen and oxygen atoms in total. The molecular formula is C17H17FN2S. The van der Waals surface area contributed by atoms with Crippen molar-refractivity contribution < 1.29 is 4.39 Å². The summed E-state index contributed by atoms with van der Waals surface area (Å²) in [5.41, 5.74) is 3.83. The maximum absolute atomic E-state index is 13.4. The van der Waals surface area contributed by atoms with E-state index < -0.39 is 0 Å². The molecule has 21 heavy (non-hydrogen) atoms. The van der Waals surface area contributed by atoms with Crippen molar-refractivity contribution in [3.05, 3.63) is 58.6 Å². The fourth-order valence-electron chi connectivity index (χ4n) is 2.63. The van der Waals surface area contributed by atoms with Gasteiger partial charge in [0.25, 0.3) is 0 Å². The molecule has 0 aliphatic heterocycles. The van der Waals surface area contributed by atoms with E-state index in [-0.39, 0.29) is 11.2 Å². The minimum Gasteiger partial charge on any atom is -0.330 e. The number of rotatable bonds is 1. The first-order valence-electron chi connectivity index (χ1n) is 6.88. The van der Waals surface area contributed by atoms with Gasteiger partial charge >= 0.3 is 0 Å². The van der Waals surface area contributed by atoms with Gasteiger partial charge in [-0.15, -0.1) is 0 Å². The van der Waals surface area contributed by atoms with Crippen LogP contribution in [0.4, 0.5) is 4.39 Å². The molecule has 0 radical (unpaired) electrons. The van der Waals surface area contributed by atoms with Crippen LogP contribution in [0.25, 0.3) is 16.7 Å². The van der Waals surface area contributed by atoms with Gasteiger partial charge in [0.1, 0.15) is 5.82 Å². The van der Waals surface area contributed by atoms with Crippen molar-refractivity contribution in [1.82, 2.24) is 9.55 Å². The number of aromatic amines is 1. The molecule has 0 saturated heterocycles. The lowest BCUT2D eigenvalue weighted by molar-refractivity contribution is 0.586. The van der Waals surface area contributed by atoms with Gasteiger partial charge in [0.05, 0.1) is 16.7 Å². The Morgan fingerprint density at radius 3 is 2.52 bits per heavy atom. The zero-order valence-corrected chi connectivity index (χ0v) is 13.1.